The Morgan fingerprint density at radius 2 is 2.29 bits per heavy atom. The van der Waals surface area contributed by atoms with Gasteiger partial charge in [-0.2, -0.15) is 0 Å². The second kappa shape index (κ2) is 4.71. The highest BCUT2D eigenvalue weighted by molar-refractivity contribution is 5.88. The lowest BCUT2D eigenvalue weighted by Crippen LogP contribution is -2.32. The minimum atomic E-state index is -0.642. The van der Waals surface area contributed by atoms with E-state index in [9.17, 15) is 14.7 Å². The fourth-order valence-corrected chi connectivity index (χ4v) is 2.28. The number of methoxy groups -OCH3 is 1. The molecule has 0 aliphatic heterocycles. The predicted molar refractivity (Wildman–Crippen MR) is 60.9 cm³/mol. The molecule has 0 amide bonds. The molecule has 1 heterocycles. The van der Waals surface area contributed by atoms with Gasteiger partial charge in [-0.3, -0.25) is 4.79 Å². The van der Waals surface area contributed by atoms with Crippen LogP contribution in [0.25, 0.3) is 0 Å². The van der Waals surface area contributed by atoms with Crippen molar-refractivity contribution in [1.82, 2.24) is 4.57 Å². The number of carbonyl (C=O) groups excluding carboxylic acids is 1. The van der Waals surface area contributed by atoms with Gasteiger partial charge in [0.25, 0.3) is 5.56 Å². The van der Waals surface area contributed by atoms with E-state index >= 15 is 0 Å². The molecule has 0 radical (unpaired) electrons. The zero-order valence-corrected chi connectivity index (χ0v) is 9.63. The summed E-state index contributed by atoms with van der Waals surface area (Å²) in [6.07, 6.45) is 3.43. The van der Waals surface area contributed by atoms with Crippen molar-refractivity contribution in [2.45, 2.75) is 31.4 Å². The second-order valence-electron chi connectivity index (χ2n) is 4.19. The van der Waals surface area contributed by atoms with Crippen LogP contribution in [-0.4, -0.2) is 28.9 Å². The van der Waals surface area contributed by atoms with Crippen LogP contribution in [0, 0.1) is 0 Å². The Bertz CT molecular complexity index is 480. The standard InChI is InChI=1S/C12H15NO4/c1-17-12(16)8-4-3-7-13(11(8)15)9-5-2-6-10(9)14/h3-4,7,9-10,14H,2,5-6H2,1H3/t9-,10+/m0/s1. The molecule has 0 bridgehead atoms. The molecule has 1 aromatic rings. The van der Waals surface area contributed by atoms with Crippen LogP contribution < -0.4 is 5.56 Å². The van der Waals surface area contributed by atoms with Crippen molar-refractivity contribution in [3.63, 3.8) is 0 Å². The van der Waals surface area contributed by atoms with Gasteiger partial charge in [-0.25, -0.2) is 4.79 Å². The summed E-state index contributed by atoms with van der Waals surface area (Å²) < 4.78 is 5.98. The zero-order valence-electron chi connectivity index (χ0n) is 9.63. The average Bonchev–Trinajstić information content (AvgIpc) is 2.75. The maximum atomic E-state index is 12.1. The molecule has 0 saturated heterocycles. The van der Waals surface area contributed by atoms with Crippen LogP contribution in [0.1, 0.15) is 35.7 Å². The highest BCUT2D eigenvalue weighted by atomic mass is 16.5. The van der Waals surface area contributed by atoms with Gasteiger partial charge in [0.15, 0.2) is 0 Å². The van der Waals surface area contributed by atoms with Gasteiger partial charge >= 0.3 is 5.97 Å². The van der Waals surface area contributed by atoms with E-state index in [0.29, 0.717) is 6.42 Å². The number of pyridine rings is 1. The fourth-order valence-electron chi connectivity index (χ4n) is 2.28. The fraction of sp³-hybridized carbons (Fsp3) is 0.500. The number of hydrogen-bond donors (Lipinski definition) is 1. The van der Waals surface area contributed by atoms with E-state index in [4.69, 9.17) is 0 Å². The van der Waals surface area contributed by atoms with Crippen molar-refractivity contribution in [2.24, 2.45) is 0 Å². The molecule has 1 aliphatic carbocycles. The van der Waals surface area contributed by atoms with Crippen LogP contribution in [0.2, 0.25) is 0 Å². The second-order valence-corrected chi connectivity index (χ2v) is 4.19. The quantitative estimate of drug-likeness (QED) is 0.769. The van der Waals surface area contributed by atoms with E-state index in [0.717, 1.165) is 12.8 Å². The number of aliphatic hydroxyl groups excluding tert-OH is 1. The minimum Gasteiger partial charge on any atom is -0.465 e. The van der Waals surface area contributed by atoms with E-state index in [-0.39, 0.29) is 11.6 Å². The number of aliphatic hydroxyl groups is 1. The molecule has 2 atom stereocenters. The molecule has 1 aliphatic rings. The molecule has 1 fully saturated rings. The van der Waals surface area contributed by atoms with Crippen LogP contribution in [0.4, 0.5) is 0 Å². The van der Waals surface area contributed by atoms with Crippen molar-refractivity contribution >= 4 is 5.97 Å². The van der Waals surface area contributed by atoms with Crippen molar-refractivity contribution in [3.05, 3.63) is 34.2 Å². The van der Waals surface area contributed by atoms with E-state index < -0.39 is 17.6 Å². The first-order chi connectivity index (χ1) is 8.15. The average molecular weight is 237 g/mol. The molecule has 1 N–H and O–H groups in total. The van der Waals surface area contributed by atoms with Gasteiger partial charge in [-0.1, -0.05) is 0 Å². The Labute approximate surface area is 98.6 Å². The Hall–Kier alpha value is -1.62. The van der Waals surface area contributed by atoms with Crippen molar-refractivity contribution < 1.29 is 14.6 Å². The number of rotatable bonds is 2. The Morgan fingerprint density at radius 1 is 1.53 bits per heavy atom. The van der Waals surface area contributed by atoms with Gasteiger partial charge in [-0.05, 0) is 31.4 Å². The highest BCUT2D eigenvalue weighted by Crippen LogP contribution is 2.28. The molecule has 0 spiro atoms. The zero-order chi connectivity index (χ0) is 12.4. The third kappa shape index (κ3) is 2.10. The number of aromatic nitrogens is 1. The molecule has 17 heavy (non-hydrogen) atoms. The first-order valence-corrected chi connectivity index (χ1v) is 5.62. The summed E-state index contributed by atoms with van der Waals surface area (Å²) in [5.74, 6) is -0.642. The molecule has 5 heteroatoms. The van der Waals surface area contributed by atoms with E-state index in [1.54, 1.807) is 12.3 Å². The summed E-state index contributed by atoms with van der Waals surface area (Å²) in [7, 11) is 1.24. The van der Waals surface area contributed by atoms with Gasteiger partial charge in [0.2, 0.25) is 0 Å². The summed E-state index contributed by atoms with van der Waals surface area (Å²) in [4.78, 5) is 23.4. The SMILES string of the molecule is COC(=O)c1cccn([C@H]2CCC[C@H]2O)c1=O. The van der Waals surface area contributed by atoms with Crippen molar-refractivity contribution in [3.8, 4) is 0 Å². The van der Waals surface area contributed by atoms with E-state index in [2.05, 4.69) is 4.74 Å². The number of hydrogen-bond acceptors (Lipinski definition) is 4. The van der Waals surface area contributed by atoms with Gasteiger partial charge in [0.1, 0.15) is 5.56 Å². The molecule has 0 unspecified atom stereocenters. The maximum Gasteiger partial charge on any atom is 0.343 e. The molecule has 0 aromatic carbocycles. The number of esters is 1. The Morgan fingerprint density at radius 3 is 2.88 bits per heavy atom. The monoisotopic (exact) mass is 237 g/mol. The number of nitrogens with zero attached hydrogens (tertiary/aromatic N) is 1. The first kappa shape index (κ1) is 11.9. The molecule has 5 nitrogen and oxygen atoms in total. The van der Waals surface area contributed by atoms with Gasteiger partial charge in [0, 0.05) is 6.20 Å². The normalized spacial score (nSPS) is 23.6. The summed E-state index contributed by atoms with van der Waals surface area (Å²) in [6, 6.07) is 2.83. The minimum absolute atomic E-state index is 0.00843. The highest BCUT2D eigenvalue weighted by Gasteiger charge is 2.28. The molecule has 1 aromatic heterocycles. The van der Waals surface area contributed by atoms with Crippen LogP contribution in [0.3, 0.4) is 0 Å². The van der Waals surface area contributed by atoms with Crippen molar-refractivity contribution in [1.29, 1.82) is 0 Å². The van der Waals surface area contributed by atoms with Crippen LogP contribution in [0.15, 0.2) is 23.1 Å². The largest absolute Gasteiger partial charge is 0.465 e. The van der Waals surface area contributed by atoms with Gasteiger partial charge < -0.3 is 14.4 Å². The lowest BCUT2D eigenvalue weighted by Gasteiger charge is -2.18. The third-order valence-corrected chi connectivity index (χ3v) is 3.18. The van der Waals surface area contributed by atoms with Crippen LogP contribution in [0.5, 0.6) is 0 Å². The summed E-state index contributed by atoms with van der Waals surface area (Å²) >= 11 is 0. The van der Waals surface area contributed by atoms with Crippen LogP contribution >= 0.6 is 0 Å². The topological polar surface area (TPSA) is 68.5 Å². The third-order valence-electron chi connectivity index (χ3n) is 3.18. The molecule has 1 saturated carbocycles. The molecular weight excluding hydrogens is 222 g/mol. The molecular formula is C12H15NO4. The van der Waals surface area contributed by atoms with E-state index in [1.165, 1.54) is 17.7 Å². The van der Waals surface area contributed by atoms with Crippen molar-refractivity contribution in [2.75, 3.05) is 7.11 Å². The molecule has 2 rings (SSSR count). The lowest BCUT2D eigenvalue weighted by atomic mass is 10.2. The van der Waals surface area contributed by atoms with E-state index in [1.807, 2.05) is 0 Å². The van der Waals surface area contributed by atoms with Gasteiger partial charge in [-0.15, -0.1) is 0 Å². The summed E-state index contributed by atoms with van der Waals surface area (Å²) in [5.41, 5.74) is -0.389. The number of carbonyl (C=O) groups is 1. The summed E-state index contributed by atoms with van der Waals surface area (Å²) in [6.45, 7) is 0. The Kier molecular flexibility index (Phi) is 3.28. The first-order valence-electron chi connectivity index (χ1n) is 5.62. The smallest absolute Gasteiger partial charge is 0.343 e. The lowest BCUT2D eigenvalue weighted by molar-refractivity contribution is 0.0596. The molecule has 92 valence electrons. The maximum absolute atomic E-state index is 12.1. The predicted octanol–water partition coefficient (Wildman–Crippen LogP) is 0.721. The summed E-state index contributed by atoms with van der Waals surface area (Å²) in [5, 5.41) is 9.78. The Balaban J connectivity index is 2.42. The number of ether oxygens (including phenoxy) is 1. The van der Waals surface area contributed by atoms with Crippen LogP contribution in [-0.2, 0) is 4.74 Å². The van der Waals surface area contributed by atoms with Gasteiger partial charge in [0.05, 0.1) is 19.3 Å².